The topological polar surface area (TPSA) is 136 Å². The summed E-state index contributed by atoms with van der Waals surface area (Å²) >= 11 is 4.38. The largest absolute Gasteiger partial charge is 0.508 e. The van der Waals surface area contributed by atoms with Crippen LogP contribution in [0.2, 0.25) is 0 Å². The Morgan fingerprint density at radius 2 is 1.82 bits per heavy atom. The highest BCUT2D eigenvalue weighted by Gasteiger charge is 2.29. The average molecular weight is 546 g/mol. The molecule has 3 aromatic rings. The monoisotopic (exact) mass is 545 g/mol. The number of rotatable bonds is 8. The van der Waals surface area contributed by atoms with Crippen LogP contribution in [0.25, 0.3) is 0 Å². The molecule has 3 amide bonds. The number of phenols is 1. The number of benzene rings is 2. The molecule has 0 aliphatic heterocycles. The van der Waals surface area contributed by atoms with Crippen LogP contribution < -0.4 is 10.7 Å². The van der Waals surface area contributed by atoms with Crippen LogP contribution in [0.3, 0.4) is 0 Å². The zero-order valence-electron chi connectivity index (χ0n) is 17.8. The average Bonchev–Trinajstić information content (AvgIpc) is 3.35. The van der Waals surface area contributed by atoms with E-state index in [2.05, 4.69) is 26.7 Å². The van der Waals surface area contributed by atoms with Gasteiger partial charge in [-0.15, -0.1) is 11.3 Å². The number of carbonyl (C=O) groups is 4. The molecule has 1 atom stereocenters. The van der Waals surface area contributed by atoms with Gasteiger partial charge in [-0.2, -0.15) is 0 Å². The third kappa shape index (κ3) is 6.07. The number of nitrogens with zero attached hydrogens (tertiary/aromatic N) is 1. The zero-order chi connectivity index (χ0) is 24.8. The number of aromatic hydroxyl groups is 1. The number of thiophene rings is 1. The van der Waals surface area contributed by atoms with Crippen molar-refractivity contribution in [2.45, 2.75) is 19.5 Å². The Labute approximate surface area is 207 Å². The van der Waals surface area contributed by atoms with E-state index in [1.807, 2.05) is 0 Å². The second-order valence-electron chi connectivity index (χ2n) is 7.16. The van der Waals surface area contributed by atoms with Crippen LogP contribution in [0.15, 0.2) is 64.5 Å². The predicted molar refractivity (Wildman–Crippen MR) is 128 cm³/mol. The lowest BCUT2D eigenvalue weighted by Crippen LogP contribution is -2.52. The first-order valence-corrected chi connectivity index (χ1v) is 11.6. The summed E-state index contributed by atoms with van der Waals surface area (Å²) in [6.45, 7) is 1.49. The van der Waals surface area contributed by atoms with Gasteiger partial charge in [-0.05, 0) is 70.2 Å². The molecular weight excluding hydrogens is 526 g/mol. The number of carboxylic acids is 1. The fourth-order valence-corrected chi connectivity index (χ4v) is 4.07. The maximum absolute atomic E-state index is 13.2. The maximum atomic E-state index is 13.2. The number of imide groups is 1. The number of carboxylic acid groups (broad SMARTS) is 1. The molecule has 11 heteroatoms. The molecule has 0 fully saturated rings. The van der Waals surface area contributed by atoms with Crippen LogP contribution in [0.1, 0.15) is 42.9 Å². The van der Waals surface area contributed by atoms with Crippen LogP contribution in [-0.4, -0.2) is 45.0 Å². The van der Waals surface area contributed by atoms with Gasteiger partial charge in [-0.1, -0.05) is 18.2 Å². The van der Waals surface area contributed by atoms with Crippen LogP contribution in [0.4, 0.5) is 0 Å². The molecule has 0 radical (unpaired) electrons. The van der Waals surface area contributed by atoms with Crippen molar-refractivity contribution in [2.24, 2.45) is 0 Å². The number of carbonyl (C=O) groups excluding carboxylic acids is 3. The highest BCUT2D eigenvalue weighted by atomic mass is 79.9. The van der Waals surface area contributed by atoms with Crippen molar-refractivity contribution in [1.29, 1.82) is 0 Å². The molecule has 0 aliphatic carbocycles. The minimum absolute atomic E-state index is 0.0551. The fraction of sp³-hybridized carbons (Fsp3) is 0.130. The van der Waals surface area contributed by atoms with Gasteiger partial charge in [0.15, 0.2) is 0 Å². The fourth-order valence-electron chi connectivity index (χ4n) is 2.87. The van der Waals surface area contributed by atoms with Crippen molar-refractivity contribution in [3.8, 4) is 5.75 Å². The first-order valence-electron chi connectivity index (χ1n) is 9.94. The van der Waals surface area contributed by atoms with Crippen molar-refractivity contribution in [2.75, 3.05) is 0 Å². The van der Waals surface area contributed by atoms with Gasteiger partial charge >= 0.3 is 5.97 Å². The van der Waals surface area contributed by atoms with Gasteiger partial charge in [-0.25, -0.2) is 10.4 Å². The van der Waals surface area contributed by atoms with Crippen molar-refractivity contribution >= 4 is 51.0 Å². The normalized spacial score (nSPS) is 11.5. The van der Waals surface area contributed by atoms with E-state index >= 15 is 0 Å². The van der Waals surface area contributed by atoms with Gasteiger partial charge in [0.05, 0.1) is 10.4 Å². The SMILES string of the molecule is C[C@H](NN(C(=O)c1cccs1)C(=O)c1ccc(C(=O)NCc2cccc(O)c2)cc1Br)C(=O)O. The lowest BCUT2D eigenvalue weighted by Gasteiger charge is -2.24. The minimum Gasteiger partial charge on any atom is -0.508 e. The minimum atomic E-state index is -1.24. The second kappa shape index (κ2) is 11.1. The number of hydrogen-bond acceptors (Lipinski definition) is 7. The molecule has 2 aromatic carbocycles. The highest BCUT2D eigenvalue weighted by Crippen LogP contribution is 2.22. The third-order valence-electron chi connectivity index (χ3n) is 4.66. The number of amides is 3. The molecule has 9 nitrogen and oxygen atoms in total. The Hall–Kier alpha value is -3.54. The van der Waals surface area contributed by atoms with Gasteiger partial charge in [0, 0.05) is 16.6 Å². The first-order chi connectivity index (χ1) is 16.2. The summed E-state index contributed by atoms with van der Waals surface area (Å²) in [7, 11) is 0. The smallest absolute Gasteiger partial charge is 0.322 e. The van der Waals surface area contributed by atoms with E-state index in [0.29, 0.717) is 10.6 Å². The molecular formula is C23H20BrN3O6S. The predicted octanol–water partition coefficient (Wildman–Crippen LogP) is 3.41. The van der Waals surface area contributed by atoms with E-state index in [4.69, 9.17) is 0 Å². The Kier molecular flexibility index (Phi) is 8.16. The van der Waals surface area contributed by atoms with E-state index in [1.54, 1.807) is 23.6 Å². The number of hydrazine groups is 1. The summed E-state index contributed by atoms with van der Waals surface area (Å²) in [5.41, 5.74) is 3.45. The molecule has 4 N–H and O–H groups in total. The molecule has 0 bridgehead atoms. The van der Waals surface area contributed by atoms with Crippen molar-refractivity contribution in [1.82, 2.24) is 15.8 Å². The molecule has 0 unspecified atom stereocenters. The maximum Gasteiger partial charge on any atom is 0.322 e. The molecule has 0 saturated heterocycles. The molecule has 176 valence electrons. The molecule has 1 aromatic heterocycles. The van der Waals surface area contributed by atoms with Gasteiger partial charge < -0.3 is 15.5 Å². The summed E-state index contributed by atoms with van der Waals surface area (Å²) < 4.78 is 0.247. The summed E-state index contributed by atoms with van der Waals surface area (Å²) in [5, 5.41) is 23.8. The zero-order valence-corrected chi connectivity index (χ0v) is 20.2. The number of nitrogens with one attached hydrogen (secondary N) is 2. The van der Waals surface area contributed by atoms with Gasteiger partial charge in [0.1, 0.15) is 11.8 Å². The van der Waals surface area contributed by atoms with E-state index in [0.717, 1.165) is 11.3 Å². The summed E-state index contributed by atoms with van der Waals surface area (Å²) in [5.74, 6) is -3.05. The van der Waals surface area contributed by atoms with Crippen molar-refractivity contribution in [3.63, 3.8) is 0 Å². The Balaban J connectivity index is 1.79. The van der Waals surface area contributed by atoms with Gasteiger partial charge in [0.25, 0.3) is 17.7 Å². The molecule has 34 heavy (non-hydrogen) atoms. The van der Waals surface area contributed by atoms with Gasteiger partial charge in [-0.3, -0.25) is 19.2 Å². The summed E-state index contributed by atoms with van der Waals surface area (Å²) in [6.07, 6.45) is 0. The van der Waals surface area contributed by atoms with Crippen molar-refractivity contribution in [3.05, 3.63) is 86.0 Å². The summed E-state index contributed by atoms with van der Waals surface area (Å²) in [4.78, 5) is 50.1. The highest BCUT2D eigenvalue weighted by molar-refractivity contribution is 9.10. The van der Waals surface area contributed by atoms with E-state index in [9.17, 15) is 29.4 Å². The Morgan fingerprint density at radius 1 is 1.06 bits per heavy atom. The number of hydrogen-bond donors (Lipinski definition) is 4. The van der Waals surface area contributed by atoms with E-state index in [1.165, 1.54) is 43.3 Å². The Bertz CT molecular complexity index is 1230. The quantitative estimate of drug-likeness (QED) is 0.251. The van der Waals surface area contributed by atoms with Crippen LogP contribution in [0, 0.1) is 0 Å². The van der Waals surface area contributed by atoms with E-state index in [-0.39, 0.29) is 32.8 Å². The molecule has 0 spiro atoms. The molecule has 3 rings (SSSR count). The van der Waals surface area contributed by atoms with Crippen molar-refractivity contribution < 1.29 is 29.4 Å². The molecule has 0 aliphatic rings. The first kappa shape index (κ1) is 25.1. The number of phenolic OH excluding ortho intramolecular Hbond substituents is 1. The molecule has 1 heterocycles. The van der Waals surface area contributed by atoms with Crippen LogP contribution in [0.5, 0.6) is 5.75 Å². The summed E-state index contributed by atoms with van der Waals surface area (Å²) in [6, 6.07) is 12.6. The van der Waals surface area contributed by atoms with E-state index < -0.39 is 29.7 Å². The lowest BCUT2D eigenvalue weighted by molar-refractivity contribution is -0.139. The van der Waals surface area contributed by atoms with Gasteiger partial charge in [0.2, 0.25) is 0 Å². The third-order valence-corrected chi connectivity index (χ3v) is 6.17. The van der Waals surface area contributed by atoms with Crippen LogP contribution in [-0.2, 0) is 11.3 Å². The van der Waals surface area contributed by atoms with Crippen LogP contribution >= 0.6 is 27.3 Å². The second-order valence-corrected chi connectivity index (χ2v) is 8.96. The lowest BCUT2D eigenvalue weighted by atomic mass is 10.1. The Morgan fingerprint density at radius 3 is 2.44 bits per heavy atom. The standard InChI is InChI=1S/C23H20BrN3O6S/c1-13(23(32)33)26-27(22(31)19-6-3-9-34-19)21(30)17-8-7-15(11-18(17)24)20(29)25-12-14-4-2-5-16(28)10-14/h2-11,13,26,28H,12H2,1H3,(H,25,29)(H,32,33)/t13-/m0/s1. The number of halogens is 1. The number of aliphatic carboxylic acids is 1. The molecule has 0 saturated carbocycles.